The fourth-order valence-corrected chi connectivity index (χ4v) is 3.86. The van der Waals surface area contributed by atoms with Gasteiger partial charge >= 0.3 is 0 Å². The minimum Gasteiger partial charge on any atom is -0.314 e. The number of pyridine rings is 1. The van der Waals surface area contributed by atoms with Crippen LogP contribution in [0.3, 0.4) is 0 Å². The minimum absolute atomic E-state index is 0.725. The van der Waals surface area contributed by atoms with Gasteiger partial charge in [0.2, 0.25) is 0 Å². The van der Waals surface area contributed by atoms with E-state index < -0.39 is 0 Å². The fourth-order valence-electron chi connectivity index (χ4n) is 3.86. The van der Waals surface area contributed by atoms with E-state index in [1.807, 2.05) is 18.2 Å². The van der Waals surface area contributed by atoms with Crippen LogP contribution in [0.4, 0.5) is 0 Å². The molecule has 21 heavy (non-hydrogen) atoms. The van der Waals surface area contributed by atoms with Crippen LogP contribution in [0.1, 0.15) is 44.3 Å². The topological polar surface area (TPSA) is 42.2 Å². The van der Waals surface area contributed by atoms with E-state index >= 15 is 0 Å². The lowest BCUT2D eigenvalue weighted by Crippen LogP contribution is -2.36. The van der Waals surface area contributed by atoms with Crippen LogP contribution in [0.2, 0.25) is 0 Å². The average Bonchev–Trinajstić information content (AvgIpc) is 3.30. The Morgan fingerprint density at radius 1 is 1.10 bits per heavy atom. The quantitative estimate of drug-likeness (QED) is 0.918. The predicted octanol–water partition coefficient (Wildman–Crippen LogP) is 2.83. The van der Waals surface area contributed by atoms with E-state index in [9.17, 15) is 0 Å². The zero-order chi connectivity index (χ0) is 14.1. The molecule has 0 spiro atoms. The summed E-state index contributed by atoms with van der Waals surface area (Å²) >= 11 is 0. The second kappa shape index (κ2) is 5.76. The van der Waals surface area contributed by atoms with Gasteiger partial charge < -0.3 is 5.32 Å². The first-order valence-corrected chi connectivity index (χ1v) is 8.42. The van der Waals surface area contributed by atoms with Crippen LogP contribution >= 0.6 is 0 Å². The molecule has 4 nitrogen and oxygen atoms in total. The van der Waals surface area contributed by atoms with E-state index in [1.165, 1.54) is 38.5 Å². The van der Waals surface area contributed by atoms with Crippen molar-refractivity contribution < 1.29 is 0 Å². The van der Waals surface area contributed by atoms with Crippen LogP contribution in [0.15, 0.2) is 24.4 Å². The van der Waals surface area contributed by atoms with Crippen molar-refractivity contribution in [2.24, 2.45) is 11.8 Å². The van der Waals surface area contributed by atoms with Gasteiger partial charge in [0, 0.05) is 25.2 Å². The summed E-state index contributed by atoms with van der Waals surface area (Å²) in [5.41, 5.74) is 0.943. The summed E-state index contributed by atoms with van der Waals surface area (Å²) < 4.78 is 2.09. The van der Waals surface area contributed by atoms with Crippen molar-refractivity contribution in [3.63, 3.8) is 0 Å². The Kier molecular flexibility index (Phi) is 3.63. The van der Waals surface area contributed by atoms with Gasteiger partial charge in [0.25, 0.3) is 0 Å². The number of nitrogens with zero attached hydrogens (tertiary/aromatic N) is 3. The number of fused-ring (bicyclic) bond motifs is 1. The van der Waals surface area contributed by atoms with Crippen LogP contribution in [0.25, 0.3) is 5.65 Å². The van der Waals surface area contributed by atoms with Crippen LogP contribution in [0.5, 0.6) is 0 Å². The molecule has 2 atom stereocenters. The fraction of sp³-hybridized carbons (Fsp3) is 0.647. The maximum atomic E-state index is 4.30. The van der Waals surface area contributed by atoms with Crippen molar-refractivity contribution in [2.45, 2.75) is 51.0 Å². The molecule has 2 fully saturated rings. The first kappa shape index (κ1) is 13.3. The first-order valence-electron chi connectivity index (χ1n) is 8.42. The Hall–Kier alpha value is -1.42. The van der Waals surface area contributed by atoms with Crippen molar-refractivity contribution >= 4 is 5.65 Å². The van der Waals surface area contributed by atoms with Gasteiger partial charge in [-0.15, -0.1) is 10.2 Å². The summed E-state index contributed by atoms with van der Waals surface area (Å²) in [6, 6.07) is 6.77. The Bertz CT molecular complexity index is 602. The van der Waals surface area contributed by atoms with E-state index in [0.29, 0.717) is 0 Å². The molecule has 2 heterocycles. The molecule has 2 saturated carbocycles. The number of nitrogens with one attached hydrogen (secondary N) is 1. The molecule has 0 saturated heterocycles. The lowest BCUT2D eigenvalue weighted by molar-refractivity contribution is 0.262. The third kappa shape index (κ3) is 2.95. The van der Waals surface area contributed by atoms with Crippen molar-refractivity contribution in [3.8, 4) is 0 Å². The molecule has 1 N–H and O–H groups in total. The zero-order valence-electron chi connectivity index (χ0n) is 12.5. The molecule has 0 aliphatic heterocycles. The van der Waals surface area contributed by atoms with Gasteiger partial charge in [-0.05, 0) is 49.7 Å². The average molecular weight is 284 g/mol. The number of hydrogen-bond donors (Lipinski definition) is 1. The maximum Gasteiger partial charge on any atom is 0.160 e. The maximum absolute atomic E-state index is 4.30. The Morgan fingerprint density at radius 2 is 2.05 bits per heavy atom. The molecule has 4 rings (SSSR count). The highest BCUT2D eigenvalue weighted by Gasteiger charge is 2.34. The molecule has 4 heteroatoms. The van der Waals surface area contributed by atoms with Gasteiger partial charge in [-0.3, -0.25) is 4.40 Å². The highest BCUT2D eigenvalue weighted by Crippen LogP contribution is 2.43. The van der Waals surface area contributed by atoms with E-state index in [2.05, 4.69) is 26.1 Å². The lowest BCUT2D eigenvalue weighted by atomic mass is 9.83. The van der Waals surface area contributed by atoms with Gasteiger partial charge in [-0.2, -0.15) is 0 Å². The Balaban J connectivity index is 1.30. The monoisotopic (exact) mass is 284 g/mol. The van der Waals surface area contributed by atoms with Crippen molar-refractivity contribution in [1.82, 2.24) is 19.9 Å². The van der Waals surface area contributed by atoms with Crippen LogP contribution < -0.4 is 5.32 Å². The van der Waals surface area contributed by atoms with E-state index in [0.717, 1.165) is 42.3 Å². The number of rotatable bonds is 5. The first-order chi connectivity index (χ1) is 10.4. The van der Waals surface area contributed by atoms with E-state index in [1.54, 1.807) is 0 Å². The Morgan fingerprint density at radius 3 is 2.95 bits per heavy atom. The molecule has 0 amide bonds. The van der Waals surface area contributed by atoms with Gasteiger partial charge in [-0.25, -0.2) is 0 Å². The normalized spacial score (nSPS) is 26.3. The molecule has 2 unspecified atom stereocenters. The van der Waals surface area contributed by atoms with Crippen LogP contribution in [0, 0.1) is 11.8 Å². The molecular formula is C17H24N4. The molecule has 112 valence electrons. The van der Waals surface area contributed by atoms with E-state index in [4.69, 9.17) is 0 Å². The summed E-state index contributed by atoms with van der Waals surface area (Å²) in [5, 5.41) is 12.3. The summed E-state index contributed by atoms with van der Waals surface area (Å²) in [4.78, 5) is 0. The molecule has 2 aromatic heterocycles. The molecule has 0 bridgehead atoms. The van der Waals surface area contributed by atoms with Crippen molar-refractivity contribution in [1.29, 1.82) is 0 Å². The molecular weight excluding hydrogens is 260 g/mol. The lowest BCUT2D eigenvalue weighted by Gasteiger charge is -2.30. The van der Waals surface area contributed by atoms with Gasteiger partial charge in [0.1, 0.15) is 5.82 Å². The van der Waals surface area contributed by atoms with Crippen LogP contribution in [-0.2, 0) is 6.42 Å². The van der Waals surface area contributed by atoms with Gasteiger partial charge in [0.05, 0.1) is 0 Å². The highest BCUT2D eigenvalue weighted by molar-refractivity contribution is 5.36. The predicted molar refractivity (Wildman–Crippen MR) is 83.2 cm³/mol. The highest BCUT2D eigenvalue weighted by atomic mass is 15.2. The van der Waals surface area contributed by atoms with Gasteiger partial charge in [-0.1, -0.05) is 18.9 Å². The van der Waals surface area contributed by atoms with Gasteiger partial charge in [0.15, 0.2) is 5.65 Å². The number of hydrogen-bond acceptors (Lipinski definition) is 3. The zero-order valence-corrected chi connectivity index (χ0v) is 12.5. The number of aromatic nitrogens is 3. The second-order valence-electron chi connectivity index (χ2n) is 6.71. The molecule has 2 aliphatic carbocycles. The standard InChI is InChI=1S/C17H24N4/c1-2-11-21-16(6-1)19-20-17(21)9-10-18-15-5-3-4-14(12-15)13-7-8-13/h1-2,6,11,13-15,18H,3-5,7-10,12H2. The third-order valence-corrected chi connectivity index (χ3v) is 5.17. The molecule has 0 aromatic carbocycles. The summed E-state index contributed by atoms with van der Waals surface area (Å²) in [5.74, 6) is 3.13. The Labute approximate surface area is 126 Å². The summed E-state index contributed by atoms with van der Waals surface area (Å²) in [6.45, 7) is 1.01. The molecule has 2 aromatic rings. The molecule has 0 radical (unpaired) electrons. The van der Waals surface area contributed by atoms with Crippen LogP contribution in [-0.4, -0.2) is 27.2 Å². The third-order valence-electron chi connectivity index (χ3n) is 5.17. The smallest absolute Gasteiger partial charge is 0.160 e. The summed E-state index contributed by atoms with van der Waals surface area (Å²) in [7, 11) is 0. The van der Waals surface area contributed by atoms with E-state index in [-0.39, 0.29) is 0 Å². The largest absolute Gasteiger partial charge is 0.314 e. The SMILES string of the molecule is c1ccn2c(CCNC3CCCC(C4CC4)C3)nnc2c1. The van der Waals surface area contributed by atoms with Crippen molar-refractivity contribution in [2.75, 3.05) is 6.54 Å². The molecule has 2 aliphatic rings. The minimum atomic E-state index is 0.725. The second-order valence-corrected chi connectivity index (χ2v) is 6.71. The summed E-state index contributed by atoms with van der Waals surface area (Å²) in [6.07, 6.45) is 11.6. The van der Waals surface area contributed by atoms with Crippen molar-refractivity contribution in [3.05, 3.63) is 30.2 Å².